The predicted octanol–water partition coefficient (Wildman–Crippen LogP) is 5.73. The predicted molar refractivity (Wildman–Crippen MR) is 124 cm³/mol. The van der Waals surface area contributed by atoms with Crippen LogP contribution in [0.25, 0.3) is 10.8 Å². The van der Waals surface area contributed by atoms with Crippen LogP contribution in [0.1, 0.15) is 21.5 Å². The molecule has 4 rings (SSSR count). The molecule has 4 aromatic rings. The number of hydrogen-bond acceptors (Lipinski definition) is 2. The Morgan fingerprint density at radius 3 is 1.82 bits per heavy atom. The van der Waals surface area contributed by atoms with Gasteiger partial charge in [-0.15, -0.1) is 0 Å². The summed E-state index contributed by atoms with van der Waals surface area (Å²) in [6, 6.07) is 27.4. The summed E-state index contributed by atoms with van der Waals surface area (Å²) in [5.41, 5.74) is 2.92. The Kier molecular flexibility index (Phi) is 5.02. The van der Waals surface area contributed by atoms with Crippen LogP contribution in [-0.4, -0.2) is 5.52 Å². The molecule has 138 valence electrons. The topological polar surface area (TPSA) is 17.1 Å². The number of carbonyl (C=O) groups is 1. The highest BCUT2D eigenvalue weighted by Crippen LogP contribution is 2.49. The van der Waals surface area contributed by atoms with Crippen molar-refractivity contribution in [3.8, 4) is 0 Å². The fourth-order valence-electron chi connectivity index (χ4n) is 3.76. The Hall–Kier alpha value is -2.54. The van der Waals surface area contributed by atoms with E-state index in [-0.39, 0.29) is 5.52 Å². The van der Waals surface area contributed by atoms with Crippen LogP contribution in [0.3, 0.4) is 0 Å². The van der Waals surface area contributed by atoms with Gasteiger partial charge in [-0.05, 0) is 46.4 Å². The molecule has 0 spiro atoms. The molecule has 0 aromatic heterocycles. The highest BCUT2D eigenvalue weighted by molar-refractivity contribution is 8.30. The zero-order chi connectivity index (χ0) is 19.7. The molecule has 0 aliphatic rings. The van der Waals surface area contributed by atoms with E-state index in [1.54, 1.807) is 0 Å². The summed E-state index contributed by atoms with van der Waals surface area (Å²) in [5, 5.41) is 3.97. The highest BCUT2D eigenvalue weighted by atomic mass is 32.4. The number of hydrogen-bond donors (Lipinski definition) is 0. The van der Waals surface area contributed by atoms with Crippen LogP contribution in [0, 0.1) is 13.8 Å². The molecule has 0 bridgehead atoms. The van der Waals surface area contributed by atoms with E-state index in [1.807, 2.05) is 79.7 Å². The minimum atomic E-state index is -2.69. The van der Waals surface area contributed by atoms with Gasteiger partial charge in [0.05, 0.1) is 6.04 Å². The zero-order valence-electron chi connectivity index (χ0n) is 15.9. The molecule has 0 saturated carbocycles. The van der Waals surface area contributed by atoms with Crippen molar-refractivity contribution in [3.05, 3.63) is 108 Å². The molecule has 28 heavy (non-hydrogen) atoms. The van der Waals surface area contributed by atoms with Crippen molar-refractivity contribution in [2.75, 3.05) is 0 Å². The van der Waals surface area contributed by atoms with E-state index in [9.17, 15) is 4.79 Å². The maximum atomic E-state index is 14.2. The van der Waals surface area contributed by atoms with E-state index < -0.39 is 6.04 Å². The maximum absolute atomic E-state index is 14.2. The van der Waals surface area contributed by atoms with E-state index in [4.69, 9.17) is 11.8 Å². The number of benzene rings is 4. The molecule has 0 heterocycles. The average molecular weight is 400 g/mol. The summed E-state index contributed by atoms with van der Waals surface area (Å²) < 4.78 is 0. The van der Waals surface area contributed by atoms with Crippen molar-refractivity contribution >= 4 is 44.8 Å². The van der Waals surface area contributed by atoms with Gasteiger partial charge in [0.2, 0.25) is 5.52 Å². The van der Waals surface area contributed by atoms with E-state index in [1.165, 1.54) is 0 Å². The van der Waals surface area contributed by atoms with Crippen LogP contribution in [0.5, 0.6) is 0 Å². The maximum Gasteiger partial charge on any atom is 0.203 e. The Morgan fingerprint density at radius 2 is 1.25 bits per heavy atom. The molecule has 0 atom stereocenters. The summed E-state index contributed by atoms with van der Waals surface area (Å²) in [4.78, 5) is 14.2. The van der Waals surface area contributed by atoms with Gasteiger partial charge in [-0.3, -0.25) is 4.79 Å². The Bertz CT molecular complexity index is 1170. The molecule has 0 aliphatic heterocycles. The van der Waals surface area contributed by atoms with E-state index in [0.29, 0.717) is 0 Å². The molecule has 4 aromatic carbocycles. The largest absolute Gasteiger partial charge is 0.287 e. The first-order valence-electron chi connectivity index (χ1n) is 9.28. The second-order valence-corrected chi connectivity index (χ2v) is 11.3. The molecule has 0 N–H and O–H groups in total. The number of rotatable bonds is 4. The monoisotopic (exact) mass is 400 g/mol. The summed E-state index contributed by atoms with van der Waals surface area (Å²) in [7, 11) is 0. The molecule has 0 amide bonds. The van der Waals surface area contributed by atoms with E-state index in [2.05, 4.69) is 25.1 Å². The SMILES string of the molecule is Cc1ccc2cccc(C)c2c1C(=O)P(=S)(c1ccccc1)c1ccccc1. The van der Waals surface area contributed by atoms with Gasteiger partial charge in [-0.25, -0.2) is 0 Å². The van der Waals surface area contributed by atoms with Gasteiger partial charge in [0.1, 0.15) is 0 Å². The fraction of sp³-hybridized carbons (Fsp3) is 0.0800. The second-order valence-electron chi connectivity index (χ2n) is 7.02. The van der Waals surface area contributed by atoms with Crippen LogP contribution < -0.4 is 10.6 Å². The van der Waals surface area contributed by atoms with Gasteiger partial charge < -0.3 is 0 Å². The third-order valence-corrected chi connectivity index (χ3v) is 9.81. The molecule has 1 nitrogen and oxygen atoms in total. The summed E-state index contributed by atoms with van der Waals surface area (Å²) in [6.45, 7) is 4.07. The van der Waals surface area contributed by atoms with Crippen LogP contribution in [0.2, 0.25) is 0 Å². The molecular weight excluding hydrogens is 379 g/mol. The fourth-order valence-corrected chi connectivity index (χ4v) is 7.32. The van der Waals surface area contributed by atoms with E-state index in [0.717, 1.165) is 38.1 Å². The lowest BCUT2D eigenvalue weighted by Gasteiger charge is -2.24. The second kappa shape index (κ2) is 7.47. The lowest BCUT2D eigenvalue weighted by Crippen LogP contribution is -2.23. The van der Waals surface area contributed by atoms with Crippen molar-refractivity contribution in [2.24, 2.45) is 0 Å². The van der Waals surface area contributed by atoms with Gasteiger partial charge in [-0.2, -0.15) is 0 Å². The van der Waals surface area contributed by atoms with Gasteiger partial charge in [-0.1, -0.05) is 103 Å². The van der Waals surface area contributed by atoms with Crippen molar-refractivity contribution in [2.45, 2.75) is 13.8 Å². The van der Waals surface area contributed by atoms with Crippen molar-refractivity contribution < 1.29 is 4.79 Å². The first kappa shape index (κ1) is 18.8. The highest BCUT2D eigenvalue weighted by Gasteiger charge is 2.33. The quantitative estimate of drug-likeness (QED) is 0.407. The van der Waals surface area contributed by atoms with Gasteiger partial charge in [0.15, 0.2) is 0 Å². The van der Waals surface area contributed by atoms with Crippen LogP contribution in [-0.2, 0) is 11.8 Å². The summed E-state index contributed by atoms with van der Waals surface area (Å²) in [5.74, 6) is 0. The Morgan fingerprint density at radius 1 is 0.679 bits per heavy atom. The van der Waals surface area contributed by atoms with Crippen molar-refractivity contribution in [1.29, 1.82) is 0 Å². The van der Waals surface area contributed by atoms with Gasteiger partial charge in [0.25, 0.3) is 0 Å². The van der Waals surface area contributed by atoms with Gasteiger partial charge >= 0.3 is 0 Å². The molecule has 0 fully saturated rings. The third-order valence-electron chi connectivity index (χ3n) is 5.20. The number of aryl methyl sites for hydroxylation is 2. The summed E-state index contributed by atoms with van der Waals surface area (Å²) in [6.07, 6.45) is 0. The molecule has 3 heteroatoms. The Balaban J connectivity index is 2.05. The minimum absolute atomic E-state index is 0.0669. The lowest BCUT2D eigenvalue weighted by molar-refractivity contribution is 0.108. The average Bonchev–Trinajstić information content (AvgIpc) is 2.74. The third kappa shape index (κ3) is 3.03. The number of fused-ring (bicyclic) bond motifs is 1. The molecular formula is C25H21OPS. The molecule has 0 unspecified atom stereocenters. The van der Waals surface area contributed by atoms with Crippen molar-refractivity contribution in [1.82, 2.24) is 0 Å². The molecule has 0 radical (unpaired) electrons. The Labute approximate surface area is 171 Å². The van der Waals surface area contributed by atoms with Crippen LogP contribution >= 0.6 is 6.04 Å². The first-order chi connectivity index (χ1) is 13.5. The van der Waals surface area contributed by atoms with Crippen LogP contribution in [0.15, 0.2) is 91.0 Å². The van der Waals surface area contributed by atoms with Gasteiger partial charge in [0, 0.05) is 5.56 Å². The number of carbonyl (C=O) groups excluding carboxylic acids is 1. The standard InChI is InChI=1S/C25H21OPS/c1-18-10-9-11-20-17-16-19(2)24(23(18)20)25(26)27(28,21-12-5-3-6-13-21)22-14-7-4-8-15-22/h3-17H,1-2H3. The molecule has 0 aliphatic carbocycles. The molecule has 0 saturated heterocycles. The zero-order valence-corrected chi connectivity index (χ0v) is 17.6. The normalized spacial score (nSPS) is 11.5. The first-order valence-corrected chi connectivity index (χ1v) is 12.1. The van der Waals surface area contributed by atoms with E-state index >= 15 is 0 Å². The lowest BCUT2D eigenvalue weighted by atomic mass is 9.97. The van der Waals surface area contributed by atoms with Crippen molar-refractivity contribution in [3.63, 3.8) is 0 Å². The summed E-state index contributed by atoms with van der Waals surface area (Å²) >= 11 is 6.27. The minimum Gasteiger partial charge on any atom is -0.287 e. The van der Waals surface area contributed by atoms with Crippen LogP contribution in [0.4, 0.5) is 0 Å². The smallest absolute Gasteiger partial charge is 0.203 e.